The van der Waals surface area contributed by atoms with Gasteiger partial charge in [-0.3, -0.25) is 4.79 Å². The molecule has 1 aromatic heterocycles. The van der Waals surface area contributed by atoms with E-state index in [4.69, 9.17) is 0 Å². The van der Waals surface area contributed by atoms with Gasteiger partial charge in [0.15, 0.2) is 0 Å². The molecule has 0 atom stereocenters. The minimum atomic E-state index is -0.146. The summed E-state index contributed by atoms with van der Waals surface area (Å²) in [6.07, 6.45) is 0. The maximum absolute atomic E-state index is 12.4. The van der Waals surface area contributed by atoms with E-state index in [-0.39, 0.29) is 5.91 Å². The summed E-state index contributed by atoms with van der Waals surface area (Å²) in [4.78, 5) is 21.3. The maximum atomic E-state index is 12.4. The van der Waals surface area contributed by atoms with Crippen molar-refractivity contribution in [1.82, 2.24) is 9.97 Å². The summed E-state index contributed by atoms with van der Waals surface area (Å²) in [7, 11) is 0. The molecule has 0 aliphatic rings. The van der Waals surface area contributed by atoms with Gasteiger partial charge in [0.05, 0.1) is 22.4 Å². The summed E-state index contributed by atoms with van der Waals surface area (Å²) in [6.45, 7) is 5.84. The van der Waals surface area contributed by atoms with E-state index in [0.29, 0.717) is 5.56 Å². The number of carbonyl (C=O) groups is 1. The Bertz CT molecular complexity index is 871. The predicted octanol–water partition coefficient (Wildman–Crippen LogP) is 3.81. The van der Waals surface area contributed by atoms with E-state index in [9.17, 15) is 4.79 Å². The van der Waals surface area contributed by atoms with Gasteiger partial charge in [0, 0.05) is 11.3 Å². The van der Waals surface area contributed by atoms with Crippen LogP contribution in [0.3, 0.4) is 0 Å². The van der Waals surface area contributed by atoms with Crippen LogP contribution in [0.15, 0.2) is 42.5 Å². The second kappa shape index (κ2) is 5.56. The van der Waals surface area contributed by atoms with Crippen molar-refractivity contribution in [2.45, 2.75) is 20.8 Å². The zero-order valence-corrected chi connectivity index (χ0v) is 12.8. The molecular formula is C18H17N3O. The van der Waals surface area contributed by atoms with Crippen LogP contribution in [-0.2, 0) is 0 Å². The van der Waals surface area contributed by atoms with Gasteiger partial charge in [-0.05, 0) is 56.7 Å². The van der Waals surface area contributed by atoms with E-state index in [1.165, 1.54) is 0 Å². The summed E-state index contributed by atoms with van der Waals surface area (Å²) < 4.78 is 0. The first-order chi connectivity index (χ1) is 10.5. The zero-order valence-electron chi connectivity index (χ0n) is 12.8. The second-order valence-corrected chi connectivity index (χ2v) is 5.42. The molecule has 2 aromatic carbocycles. The summed E-state index contributed by atoms with van der Waals surface area (Å²) in [6, 6.07) is 13.1. The van der Waals surface area contributed by atoms with Gasteiger partial charge < -0.3 is 5.32 Å². The Labute approximate surface area is 129 Å². The number of amides is 1. The van der Waals surface area contributed by atoms with Gasteiger partial charge in [-0.2, -0.15) is 0 Å². The van der Waals surface area contributed by atoms with E-state index in [0.717, 1.165) is 33.7 Å². The van der Waals surface area contributed by atoms with Crippen molar-refractivity contribution >= 4 is 22.6 Å². The zero-order chi connectivity index (χ0) is 15.7. The van der Waals surface area contributed by atoms with Gasteiger partial charge in [0.25, 0.3) is 5.91 Å². The minimum Gasteiger partial charge on any atom is -0.322 e. The largest absolute Gasteiger partial charge is 0.322 e. The molecule has 3 rings (SSSR count). The highest BCUT2D eigenvalue weighted by atomic mass is 16.1. The standard InChI is InChI=1S/C18H17N3O/c1-11-5-4-6-15(9-11)21-18(22)14-7-8-16-17(10-14)20-13(3)12(2)19-16/h4-10H,1-3H3,(H,21,22). The normalized spacial score (nSPS) is 10.7. The molecule has 0 aliphatic heterocycles. The molecule has 0 spiro atoms. The van der Waals surface area contributed by atoms with Crippen LogP contribution in [0, 0.1) is 20.8 Å². The Morgan fingerprint density at radius 2 is 1.64 bits per heavy atom. The SMILES string of the molecule is Cc1cccc(NC(=O)c2ccc3nc(C)c(C)nc3c2)c1. The van der Waals surface area contributed by atoms with Crippen molar-refractivity contribution in [3.05, 3.63) is 65.0 Å². The molecule has 1 heterocycles. The molecule has 0 unspecified atom stereocenters. The Kier molecular flexibility index (Phi) is 3.59. The number of nitrogens with zero attached hydrogens (tertiary/aromatic N) is 2. The number of anilines is 1. The average Bonchev–Trinajstić information content (AvgIpc) is 2.48. The molecule has 0 radical (unpaired) electrons. The number of benzene rings is 2. The Morgan fingerprint density at radius 3 is 2.36 bits per heavy atom. The fourth-order valence-corrected chi connectivity index (χ4v) is 2.30. The molecule has 1 N–H and O–H groups in total. The van der Waals surface area contributed by atoms with Gasteiger partial charge in [0.1, 0.15) is 0 Å². The molecular weight excluding hydrogens is 274 g/mol. The van der Waals surface area contributed by atoms with Crippen molar-refractivity contribution in [3.8, 4) is 0 Å². The van der Waals surface area contributed by atoms with Crippen LogP contribution in [0.5, 0.6) is 0 Å². The molecule has 22 heavy (non-hydrogen) atoms. The first-order valence-electron chi connectivity index (χ1n) is 7.16. The fraction of sp³-hybridized carbons (Fsp3) is 0.167. The van der Waals surface area contributed by atoms with E-state index >= 15 is 0 Å². The van der Waals surface area contributed by atoms with E-state index < -0.39 is 0 Å². The summed E-state index contributed by atoms with van der Waals surface area (Å²) in [5.74, 6) is -0.146. The van der Waals surface area contributed by atoms with Crippen LogP contribution in [0.25, 0.3) is 11.0 Å². The topological polar surface area (TPSA) is 54.9 Å². The molecule has 4 heteroatoms. The number of rotatable bonds is 2. The Balaban J connectivity index is 1.92. The lowest BCUT2D eigenvalue weighted by Gasteiger charge is -2.07. The van der Waals surface area contributed by atoms with Crippen molar-refractivity contribution in [3.63, 3.8) is 0 Å². The number of nitrogens with one attached hydrogen (secondary N) is 1. The molecule has 0 saturated carbocycles. The van der Waals surface area contributed by atoms with E-state index in [1.54, 1.807) is 12.1 Å². The monoisotopic (exact) mass is 291 g/mol. The Hall–Kier alpha value is -2.75. The van der Waals surface area contributed by atoms with Gasteiger partial charge in [0.2, 0.25) is 0 Å². The number of aromatic nitrogens is 2. The molecule has 1 amide bonds. The third kappa shape index (κ3) is 2.81. The molecule has 4 nitrogen and oxygen atoms in total. The molecule has 0 bridgehead atoms. The molecule has 0 aliphatic carbocycles. The quantitative estimate of drug-likeness (QED) is 0.781. The molecule has 110 valence electrons. The van der Waals surface area contributed by atoms with Gasteiger partial charge >= 0.3 is 0 Å². The lowest BCUT2D eigenvalue weighted by molar-refractivity contribution is 0.102. The van der Waals surface area contributed by atoms with Crippen LogP contribution in [0.1, 0.15) is 27.3 Å². The van der Waals surface area contributed by atoms with Crippen molar-refractivity contribution in [1.29, 1.82) is 0 Å². The minimum absolute atomic E-state index is 0.146. The number of carbonyl (C=O) groups excluding carboxylic acids is 1. The van der Waals surface area contributed by atoms with Crippen LogP contribution in [0.4, 0.5) is 5.69 Å². The first-order valence-corrected chi connectivity index (χ1v) is 7.16. The highest BCUT2D eigenvalue weighted by molar-refractivity contribution is 6.05. The smallest absolute Gasteiger partial charge is 0.255 e. The second-order valence-electron chi connectivity index (χ2n) is 5.42. The van der Waals surface area contributed by atoms with Crippen LogP contribution in [0.2, 0.25) is 0 Å². The van der Waals surface area contributed by atoms with Crippen molar-refractivity contribution in [2.24, 2.45) is 0 Å². The number of hydrogen-bond acceptors (Lipinski definition) is 3. The first kappa shape index (κ1) is 14.2. The van der Waals surface area contributed by atoms with Gasteiger partial charge in [-0.1, -0.05) is 12.1 Å². The predicted molar refractivity (Wildman–Crippen MR) is 88.1 cm³/mol. The van der Waals surface area contributed by atoms with Crippen LogP contribution >= 0.6 is 0 Å². The maximum Gasteiger partial charge on any atom is 0.255 e. The summed E-state index contributed by atoms with van der Waals surface area (Å²) >= 11 is 0. The lowest BCUT2D eigenvalue weighted by Crippen LogP contribution is -2.12. The average molecular weight is 291 g/mol. The van der Waals surface area contributed by atoms with Gasteiger partial charge in [-0.25, -0.2) is 9.97 Å². The van der Waals surface area contributed by atoms with E-state index in [1.807, 2.05) is 51.1 Å². The third-order valence-corrected chi connectivity index (χ3v) is 3.61. The Morgan fingerprint density at radius 1 is 0.909 bits per heavy atom. The van der Waals surface area contributed by atoms with E-state index in [2.05, 4.69) is 15.3 Å². The number of hydrogen-bond donors (Lipinski definition) is 1. The third-order valence-electron chi connectivity index (χ3n) is 3.61. The molecule has 0 saturated heterocycles. The van der Waals surface area contributed by atoms with Crippen LogP contribution < -0.4 is 5.32 Å². The number of fused-ring (bicyclic) bond motifs is 1. The van der Waals surface area contributed by atoms with Gasteiger partial charge in [-0.15, -0.1) is 0 Å². The fourth-order valence-electron chi connectivity index (χ4n) is 2.30. The van der Waals surface area contributed by atoms with Crippen LogP contribution in [-0.4, -0.2) is 15.9 Å². The van der Waals surface area contributed by atoms with Crippen molar-refractivity contribution < 1.29 is 4.79 Å². The summed E-state index contributed by atoms with van der Waals surface area (Å²) in [5, 5.41) is 2.90. The lowest BCUT2D eigenvalue weighted by atomic mass is 10.1. The molecule has 3 aromatic rings. The number of aryl methyl sites for hydroxylation is 3. The highest BCUT2D eigenvalue weighted by Gasteiger charge is 2.09. The highest BCUT2D eigenvalue weighted by Crippen LogP contribution is 2.16. The molecule has 0 fully saturated rings. The summed E-state index contributed by atoms with van der Waals surface area (Å²) in [5.41, 5.74) is 5.79. The van der Waals surface area contributed by atoms with Crippen molar-refractivity contribution in [2.75, 3.05) is 5.32 Å².